The van der Waals surface area contributed by atoms with Gasteiger partial charge in [0.25, 0.3) is 15.9 Å². The number of hydrogen-bond donors (Lipinski definition) is 3. The molecule has 1 unspecified atom stereocenters. The van der Waals surface area contributed by atoms with Crippen molar-refractivity contribution in [3.05, 3.63) is 59.9 Å². The van der Waals surface area contributed by atoms with Gasteiger partial charge in [-0.2, -0.15) is 0 Å². The van der Waals surface area contributed by atoms with Crippen LogP contribution in [0.4, 0.5) is 10.1 Å². The standard InChI is InChI=1S/C18H20FN3O3S.ClH/c19-16-5-1-2-6-17(16)22-26(24,25)15-9-7-13(8-10-15)18(23)21-12-14-4-3-11-20-14;/h1-2,5-10,14,20,22H,3-4,11-12H2,(H,21,23);1H. The molecule has 1 saturated heterocycles. The average molecular weight is 414 g/mol. The number of carbonyl (C=O) groups excluding carboxylic acids is 1. The smallest absolute Gasteiger partial charge is 0.261 e. The Labute approximate surface area is 164 Å². The third-order valence-corrected chi connectivity index (χ3v) is 5.60. The first-order valence-electron chi connectivity index (χ1n) is 8.35. The second-order valence-corrected chi connectivity index (χ2v) is 7.80. The monoisotopic (exact) mass is 413 g/mol. The predicted molar refractivity (Wildman–Crippen MR) is 104 cm³/mol. The normalized spacial score (nSPS) is 16.4. The van der Waals surface area contributed by atoms with Crippen LogP contribution in [0.3, 0.4) is 0 Å². The van der Waals surface area contributed by atoms with Gasteiger partial charge in [0.1, 0.15) is 5.82 Å². The van der Waals surface area contributed by atoms with Gasteiger partial charge in [-0.25, -0.2) is 12.8 Å². The summed E-state index contributed by atoms with van der Waals surface area (Å²) in [6.07, 6.45) is 2.13. The zero-order valence-corrected chi connectivity index (χ0v) is 16.1. The van der Waals surface area contributed by atoms with Gasteiger partial charge < -0.3 is 10.6 Å². The maximum absolute atomic E-state index is 13.6. The number of anilines is 1. The van der Waals surface area contributed by atoms with Crippen LogP contribution < -0.4 is 15.4 Å². The second-order valence-electron chi connectivity index (χ2n) is 6.11. The van der Waals surface area contributed by atoms with Gasteiger partial charge in [-0.15, -0.1) is 12.4 Å². The average Bonchev–Trinajstić information content (AvgIpc) is 3.15. The molecule has 1 amide bonds. The Hall–Kier alpha value is -2.16. The molecule has 6 nitrogen and oxygen atoms in total. The van der Waals surface area contributed by atoms with Crippen LogP contribution in [-0.2, 0) is 10.0 Å². The molecule has 0 aliphatic carbocycles. The fourth-order valence-electron chi connectivity index (χ4n) is 2.78. The van der Waals surface area contributed by atoms with E-state index in [-0.39, 0.29) is 34.9 Å². The van der Waals surface area contributed by atoms with E-state index in [1.807, 2.05) is 0 Å². The summed E-state index contributed by atoms with van der Waals surface area (Å²) in [6.45, 7) is 1.50. The van der Waals surface area contributed by atoms with E-state index in [4.69, 9.17) is 0 Å². The Morgan fingerprint density at radius 3 is 2.48 bits per heavy atom. The van der Waals surface area contributed by atoms with Gasteiger partial charge in [-0.05, 0) is 55.8 Å². The summed E-state index contributed by atoms with van der Waals surface area (Å²) in [4.78, 5) is 12.1. The van der Waals surface area contributed by atoms with Crippen LogP contribution in [0.1, 0.15) is 23.2 Å². The lowest BCUT2D eigenvalue weighted by atomic mass is 10.2. The minimum absolute atomic E-state index is 0. The molecule has 1 atom stereocenters. The van der Waals surface area contributed by atoms with E-state index < -0.39 is 15.8 Å². The molecule has 1 heterocycles. The molecule has 0 radical (unpaired) electrons. The summed E-state index contributed by atoms with van der Waals surface area (Å²) in [5.74, 6) is -0.919. The van der Waals surface area contributed by atoms with E-state index >= 15 is 0 Å². The molecule has 1 aliphatic heterocycles. The van der Waals surface area contributed by atoms with E-state index in [9.17, 15) is 17.6 Å². The summed E-state index contributed by atoms with van der Waals surface area (Å²) in [7, 11) is -3.94. The molecule has 3 rings (SSSR count). The van der Waals surface area contributed by atoms with E-state index in [1.165, 1.54) is 48.5 Å². The summed E-state index contributed by atoms with van der Waals surface area (Å²) < 4.78 is 40.5. The number of carbonyl (C=O) groups is 1. The molecule has 0 saturated carbocycles. The molecule has 146 valence electrons. The zero-order valence-electron chi connectivity index (χ0n) is 14.4. The van der Waals surface area contributed by atoms with Gasteiger partial charge in [0.15, 0.2) is 0 Å². The molecule has 0 aromatic heterocycles. The highest BCUT2D eigenvalue weighted by Crippen LogP contribution is 2.19. The van der Waals surface area contributed by atoms with Crippen LogP contribution in [0.2, 0.25) is 0 Å². The number of nitrogens with one attached hydrogen (secondary N) is 3. The molecule has 27 heavy (non-hydrogen) atoms. The molecule has 1 fully saturated rings. The Kier molecular flexibility index (Phi) is 7.18. The van der Waals surface area contributed by atoms with Crippen molar-refractivity contribution in [3.63, 3.8) is 0 Å². The fraction of sp³-hybridized carbons (Fsp3) is 0.278. The van der Waals surface area contributed by atoms with Crippen LogP contribution >= 0.6 is 12.4 Å². The van der Waals surface area contributed by atoms with Crippen molar-refractivity contribution in [1.82, 2.24) is 10.6 Å². The quantitative estimate of drug-likeness (QED) is 0.679. The van der Waals surface area contributed by atoms with E-state index in [0.29, 0.717) is 12.1 Å². The van der Waals surface area contributed by atoms with Crippen LogP contribution in [-0.4, -0.2) is 33.5 Å². The Bertz CT molecular complexity index is 885. The van der Waals surface area contributed by atoms with Crippen LogP contribution in [0.5, 0.6) is 0 Å². The van der Waals surface area contributed by atoms with Gasteiger partial charge in [-0.3, -0.25) is 9.52 Å². The number of amides is 1. The van der Waals surface area contributed by atoms with Crippen molar-refractivity contribution in [2.75, 3.05) is 17.8 Å². The first kappa shape index (κ1) is 21.1. The summed E-state index contributed by atoms with van der Waals surface area (Å²) in [5.41, 5.74) is 0.242. The lowest BCUT2D eigenvalue weighted by molar-refractivity contribution is 0.0950. The molecular formula is C18H21ClFN3O3S. The Morgan fingerprint density at radius 2 is 1.85 bits per heavy atom. The SMILES string of the molecule is Cl.O=C(NCC1CCCN1)c1ccc(S(=O)(=O)Nc2ccccc2F)cc1. The van der Waals surface area contributed by atoms with Crippen molar-refractivity contribution < 1.29 is 17.6 Å². The minimum Gasteiger partial charge on any atom is -0.350 e. The Morgan fingerprint density at radius 1 is 1.15 bits per heavy atom. The number of halogens is 2. The molecule has 0 spiro atoms. The molecule has 2 aromatic rings. The van der Waals surface area contributed by atoms with E-state index in [0.717, 1.165) is 19.4 Å². The first-order valence-corrected chi connectivity index (χ1v) is 9.83. The fourth-order valence-corrected chi connectivity index (χ4v) is 3.85. The van der Waals surface area contributed by atoms with E-state index in [1.54, 1.807) is 0 Å². The largest absolute Gasteiger partial charge is 0.350 e. The van der Waals surface area contributed by atoms with Gasteiger partial charge >= 0.3 is 0 Å². The van der Waals surface area contributed by atoms with Crippen LogP contribution in [0, 0.1) is 5.82 Å². The highest BCUT2D eigenvalue weighted by Gasteiger charge is 2.18. The predicted octanol–water partition coefficient (Wildman–Crippen LogP) is 2.53. The van der Waals surface area contributed by atoms with E-state index in [2.05, 4.69) is 15.4 Å². The summed E-state index contributed by atoms with van der Waals surface area (Å²) >= 11 is 0. The number of benzene rings is 2. The minimum atomic E-state index is -3.94. The lowest BCUT2D eigenvalue weighted by Crippen LogP contribution is -2.37. The molecular weight excluding hydrogens is 393 g/mol. The van der Waals surface area contributed by atoms with Gasteiger partial charge in [-0.1, -0.05) is 12.1 Å². The van der Waals surface area contributed by atoms with Gasteiger partial charge in [0.05, 0.1) is 10.6 Å². The first-order chi connectivity index (χ1) is 12.5. The highest BCUT2D eigenvalue weighted by atomic mass is 35.5. The molecule has 1 aliphatic rings. The molecule has 3 N–H and O–H groups in total. The van der Waals surface area contributed by atoms with Crippen molar-refractivity contribution >= 4 is 34.0 Å². The zero-order chi connectivity index (χ0) is 18.6. The number of hydrogen-bond acceptors (Lipinski definition) is 4. The maximum atomic E-state index is 13.6. The van der Waals surface area contributed by atoms with Crippen LogP contribution in [0.15, 0.2) is 53.4 Å². The third kappa shape index (κ3) is 5.41. The molecule has 0 bridgehead atoms. The number of para-hydroxylation sites is 1. The summed E-state index contributed by atoms with van der Waals surface area (Å²) in [6, 6.07) is 11.3. The lowest BCUT2D eigenvalue weighted by Gasteiger charge is -2.12. The van der Waals surface area contributed by atoms with Crippen molar-refractivity contribution in [3.8, 4) is 0 Å². The van der Waals surface area contributed by atoms with Crippen molar-refractivity contribution in [2.24, 2.45) is 0 Å². The topological polar surface area (TPSA) is 87.3 Å². The third-order valence-electron chi connectivity index (χ3n) is 4.22. The second kappa shape index (κ2) is 9.16. The van der Waals surface area contributed by atoms with Crippen molar-refractivity contribution in [2.45, 2.75) is 23.8 Å². The van der Waals surface area contributed by atoms with Crippen LogP contribution in [0.25, 0.3) is 0 Å². The van der Waals surface area contributed by atoms with Gasteiger partial charge in [0, 0.05) is 18.2 Å². The Balaban J connectivity index is 0.00000261. The van der Waals surface area contributed by atoms with Crippen molar-refractivity contribution in [1.29, 1.82) is 0 Å². The van der Waals surface area contributed by atoms with Gasteiger partial charge in [0.2, 0.25) is 0 Å². The number of sulfonamides is 1. The maximum Gasteiger partial charge on any atom is 0.261 e. The summed E-state index contributed by atoms with van der Waals surface area (Å²) in [5, 5.41) is 6.12. The number of rotatable bonds is 6. The molecule has 9 heteroatoms. The highest BCUT2D eigenvalue weighted by molar-refractivity contribution is 7.92. The molecule has 2 aromatic carbocycles.